The molecule has 1 aromatic heterocycles. The fraction of sp³-hybridized carbons (Fsp3) is 0.615. The molecule has 0 radical (unpaired) electrons. The monoisotopic (exact) mass is 223 g/mol. The summed E-state index contributed by atoms with van der Waals surface area (Å²) in [7, 11) is 0. The summed E-state index contributed by atoms with van der Waals surface area (Å²) in [6.45, 7) is 6.46. The topological polar surface area (TPSA) is 42.2 Å². The van der Waals surface area contributed by atoms with Crippen LogP contribution in [0.25, 0.3) is 0 Å². The van der Waals surface area contributed by atoms with Gasteiger partial charge in [-0.3, -0.25) is 4.79 Å². The van der Waals surface area contributed by atoms with E-state index in [1.807, 2.05) is 6.92 Å². The zero-order valence-electron chi connectivity index (χ0n) is 10.3. The van der Waals surface area contributed by atoms with Crippen LogP contribution >= 0.6 is 0 Å². The van der Waals surface area contributed by atoms with E-state index in [1.54, 1.807) is 12.1 Å². The van der Waals surface area contributed by atoms with Gasteiger partial charge in [-0.1, -0.05) is 26.7 Å². The second-order valence-electron chi connectivity index (χ2n) is 4.68. The van der Waals surface area contributed by atoms with E-state index in [-0.39, 0.29) is 11.9 Å². The summed E-state index contributed by atoms with van der Waals surface area (Å²) in [5, 5.41) is 2.92. The highest BCUT2D eigenvalue weighted by atomic mass is 16.3. The van der Waals surface area contributed by atoms with E-state index < -0.39 is 0 Å². The summed E-state index contributed by atoms with van der Waals surface area (Å²) in [5.74, 6) is 0.991. The number of furan rings is 1. The zero-order valence-corrected chi connectivity index (χ0v) is 10.3. The van der Waals surface area contributed by atoms with Crippen molar-refractivity contribution in [3.63, 3.8) is 0 Å². The lowest BCUT2D eigenvalue weighted by Crippen LogP contribution is -2.32. The largest absolute Gasteiger partial charge is 0.459 e. The summed E-state index contributed by atoms with van der Waals surface area (Å²) >= 11 is 0. The number of carbonyl (C=O) groups excluding carboxylic acids is 1. The van der Waals surface area contributed by atoms with Crippen LogP contribution in [0.2, 0.25) is 0 Å². The summed E-state index contributed by atoms with van der Waals surface area (Å²) in [4.78, 5) is 11.6. The minimum absolute atomic E-state index is 0.123. The molecular weight excluding hydrogens is 202 g/mol. The van der Waals surface area contributed by atoms with E-state index >= 15 is 0 Å². The molecule has 1 atom stereocenters. The van der Waals surface area contributed by atoms with Gasteiger partial charge in [-0.2, -0.15) is 0 Å². The maximum Gasteiger partial charge on any atom is 0.287 e. The van der Waals surface area contributed by atoms with Crippen LogP contribution in [0.4, 0.5) is 0 Å². The number of hydrogen-bond acceptors (Lipinski definition) is 2. The van der Waals surface area contributed by atoms with Gasteiger partial charge in [0.1, 0.15) is 0 Å². The predicted octanol–water partition coefficient (Wildman–Crippen LogP) is 3.22. The summed E-state index contributed by atoms with van der Waals surface area (Å²) < 4.78 is 5.03. The Kier molecular flexibility index (Phi) is 5.09. The van der Waals surface area contributed by atoms with Crippen molar-refractivity contribution in [3.8, 4) is 0 Å². The van der Waals surface area contributed by atoms with Crippen LogP contribution in [0, 0.1) is 5.92 Å². The molecule has 0 fully saturated rings. The lowest BCUT2D eigenvalue weighted by Gasteiger charge is -2.13. The third-order valence-corrected chi connectivity index (χ3v) is 2.54. The molecule has 0 saturated heterocycles. The maximum absolute atomic E-state index is 11.6. The molecule has 1 unspecified atom stereocenters. The van der Waals surface area contributed by atoms with Crippen molar-refractivity contribution in [3.05, 3.63) is 24.2 Å². The molecular formula is C13H21NO2. The van der Waals surface area contributed by atoms with Crippen LogP contribution in [-0.2, 0) is 0 Å². The Morgan fingerprint density at radius 1 is 1.38 bits per heavy atom. The van der Waals surface area contributed by atoms with E-state index in [2.05, 4.69) is 19.2 Å². The van der Waals surface area contributed by atoms with Crippen LogP contribution in [0.1, 0.15) is 50.6 Å². The van der Waals surface area contributed by atoms with Gasteiger partial charge in [0.2, 0.25) is 0 Å². The van der Waals surface area contributed by atoms with Crippen LogP contribution in [-0.4, -0.2) is 11.9 Å². The van der Waals surface area contributed by atoms with E-state index in [9.17, 15) is 4.79 Å². The fourth-order valence-electron chi connectivity index (χ4n) is 1.61. The lowest BCUT2D eigenvalue weighted by atomic mass is 10.0. The van der Waals surface area contributed by atoms with Gasteiger partial charge in [0.05, 0.1) is 6.26 Å². The van der Waals surface area contributed by atoms with E-state index in [4.69, 9.17) is 4.42 Å². The molecule has 0 aromatic carbocycles. The highest BCUT2D eigenvalue weighted by Crippen LogP contribution is 2.09. The van der Waals surface area contributed by atoms with Crippen molar-refractivity contribution in [1.82, 2.24) is 5.32 Å². The van der Waals surface area contributed by atoms with Gasteiger partial charge in [0.15, 0.2) is 5.76 Å². The normalized spacial score (nSPS) is 12.8. The molecule has 1 heterocycles. The first-order chi connectivity index (χ1) is 7.59. The van der Waals surface area contributed by atoms with Crippen LogP contribution in [0.3, 0.4) is 0 Å². The first-order valence-corrected chi connectivity index (χ1v) is 5.94. The summed E-state index contributed by atoms with van der Waals surface area (Å²) in [6, 6.07) is 3.60. The highest BCUT2D eigenvalue weighted by molar-refractivity contribution is 5.91. The van der Waals surface area contributed by atoms with Crippen LogP contribution < -0.4 is 5.32 Å². The van der Waals surface area contributed by atoms with Crippen molar-refractivity contribution in [2.24, 2.45) is 5.92 Å². The number of nitrogens with one attached hydrogen (secondary N) is 1. The van der Waals surface area contributed by atoms with Gasteiger partial charge in [-0.05, 0) is 31.4 Å². The fourth-order valence-corrected chi connectivity index (χ4v) is 1.61. The molecule has 1 amide bonds. The van der Waals surface area contributed by atoms with E-state index in [0.717, 1.165) is 18.8 Å². The van der Waals surface area contributed by atoms with Crippen LogP contribution in [0.5, 0.6) is 0 Å². The van der Waals surface area contributed by atoms with Gasteiger partial charge in [0, 0.05) is 6.04 Å². The average molecular weight is 223 g/mol. The van der Waals surface area contributed by atoms with Crippen LogP contribution in [0.15, 0.2) is 22.8 Å². The lowest BCUT2D eigenvalue weighted by molar-refractivity contribution is 0.0909. The summed E-state index contributed by atoms with van der Waals surface area (Å²) in [6.07, 6.45) is 4.89. The van der Waals surface area contributed by atoms with Gasteiger partial charge >= 0.3 is 0 Å². The van der Waals surface area contributed by atoms with Gasteiger partial charge < -0.3 is 9.73 Å². The molecule has 3 nitrogen and oxygen atoms in total. The Labute approximate surface area is 97.2 Å². The molecule has 0 saturated carbocycles. The number of amides is 1. The van der Waals surface area contributed by atoms with Gasteiger partial charge in [-0.15, -0.1) is 0 Å². The molecule has 16 heavy (non-hydrogen) atoms. The Morgan fingerprint density at radius 3 is 2.69 bits per heavy atom. The molecule has 0 aliphatic rings. The summed E-state index contributed by atoms with van der Waals surface area (Å²) in [5.41, 5.74) is 0. The minimum Gasteiger partial charge on any atom is -0.459 e. The molecule has 1 rings (SSSR count). The van der Waals surface area contributed by atoms with Crippen molar-refractivity contribution < 1.29 is 9.21 Å². The predicted molar refractivity (Wildman–Crippen MR) is 64.3 cm³/mol. The first kappa shape index (κ1) is 12.8. The zero-order chi connectivity index (χ0) is 12.0. The molecule has 90 valence electrons. The molecule has 0 aliphatic carbocycles. The third kappa shape index (κ3) is 4.51. The number of rotatable bonds is 6. The Morgan fingerprint density at radius 2 is 2.12 bits per heavy atom. The maximum atomic E-state index is 11.6. The number of hydrogen-bond donors (Lipinski definition) is 1. The minimum atomic E-state index is -0.123. The standard InChI is InChI=1S/C13H21NO2/c1-10(2)6-4-7-11(3)14-13(15)12-8-5-9-16-12/h5,8-11H,4,6-7H2,1-3H3,(H,14,15). The molecule has 1 aromatic rings. The Balaban J connectivity index is 2.24. The van der Waals surface area contributed by atoms with E-state index in [1.165, 1.54) is 12.7 Å². The average Bonchev–Trinajstić information content (AvgIpc) is 2.69. The molecule has 0 spiro atoms. The van der Waals surface area contributed by atoms with Gasteiger partial charge in [-0.25, -0.2) is 0 Å². The van der Waals surface area contributed by atoms with Gasteiger partial charge in [0.25, 0.3) is 5.91 Å². The molecule has 3 heteroatoms. The van der Waals surface area contributed by atoms with Crippen molar-refractivity contribution >= 4 is 5.91 Å². The quantitative estimate of drug-likeness (QED) is 0.804. The smallest absolute Gasteiger partial charge is 0.287 e. The second kappa shape index (κ2) is 6.36. The third-order valence-electron chi connectivity index (χ3n) is 2.54. The second-order valence-corrected chi connectivity index (χ2v) is 4.68. The SMILES string of the molecule is CC(C)CCCC(C)NC(=O)c1ccco1. The number of carbonyl (C=O) groups is 1. The molecule has 0 aliphatic heterocycles. The van der Waals surface area contributed by atoms with E-state index in [0.29, 0.717) is 5.76 Å². The van der Waals surface area contributed by atoms with Crippen molar-refractivity contribution in [2.75, 3.05) is 0 Å². The Hall–Kier alpha value is -1.25. The first-order valence-electron chi connectivity index (χ1n) is 5.94. The van der Waals surface area contributed by atoms with Crippen molar-refractivity contribution in [2.45, 2.75) is 46.1 Å². The molecule has 0 bridgehead atoms. The van der Waals surface area contributed by atoms with Crippen molar-refractivity contribution in [1.29, 1.82) is 0 Å². The highest BCUT2D eigenvalue weighted by Gasteiger charge is 2.11. The Bertz CT molecular complexity index is 304. The molecule has 1 N–H and O–H groups in total.